The van der Waals surface area contributed by atoms with Crippen molar-refractivity contribution >= 4 is 39.1 Å². The highest BCUT2D eigenvalue weighted by molar-refractivity contribution is 9.10. The van der Waals surface area contributed by atoms with Crippen molar-refractivity contribution < 1.29 is 22.5 Å². The van der Waals surface area contributed by atoms with Gasteiger partial charge in [0, 0.05) is 24.4 Å². The first-order chi connectivity index (χ1) is 8.70. The lowest BCUT2D eigenvalue weighted by Crippen LogP contribution is -2.10. The van der Waals surface area contributed by atoms with E-state index in [1.165, 1.54) is 0 Å². The molecule has 0 heterocycles. The monoisotopic (exact) mass is 362 g/mol. The van der Waals surface area contributed by atoms with E-state index in [0.717, 1.165) is 12.1 Å². The molecule has 0 saturated heterocycles. The second kappa shape index (κ2) is 6.42. The van der Waals surface area contributed by atoms with Gasteiger partial charge in [-0.1, -0.05) is 0 Å². The second-order valence-electron chi connectivity index (χ2n) is 3.26. The Morgan fingerprint density at radius 1 is 1.42 bits per heavy atom. The number of thioether (sulfide) groups is 1. The topological polar surface area (TPSA) is 55.2 Å². The molecule has 0 unspecified atom stereocenters. The van der Waals surface area contributed by atoms with E-state index >= 15 is 0 Å². The molecule has 0 atom stereocenters. The molecule has 10 heteroatoms. The van der Waals surface area contributed by atoms with E-state index in [4.69, 9.17) is 0 Å². The predicted molar refractivity (Wildman–Crippen MR) is 67.8 cm³/mol. The average molecular weight is 363 g/mol. The number of rotatable bonds is 5. The van der Waals surface area contributed by atoms with E-state index in [9.17, 15) is 27.7 Å². The van der Waals surface area contributed by atoms with Gasteiger partial charge in [0.05, 0.1) is 9.40 Å². The zero-order chi connectivity index (χ0) is 14.6. The summed E-state index contributed by atoms with van der Waals surface area (Å²) in [6.45, 7) is -0.175. The predicted octanol–water partition coefficient (Wildman–Crippen LogP) is 4.16. The summed E-state index contributed by atoms with van der Waals surface area (Å²) in [6.07, 6.45) is 0. The van der Waals surface area contributed by atoms with Crippen molar-refractivity contribution in [1.29, 1.82) is 0 Å². The van der Waals surface area contributed by atoms with E-state index in [0.29, 0.717) is 0 Å². The molecule has 1 aromatic carbocycles. The minimum absolute atomic E-state index is 0.0885. The summed E-state index contributed by atoms with van der Waals surface area (Å²) < 4.78 is 48.7. The molecule has 1 N–H and O–H groups in total. The van der Waals surface area contributed by atoms with Gasteiger partial charge < -0.3 is 5.32 Å². The maximum absolute atomic E-state index is 13.2. The van der Waals surface area contributed by atoms with Crippen LogP contribution < -0.4 is 5.32 Å². The lowest BCUT2D eigenvalue weighted by atomic mass is 10.2. The van der Waals surface area contributed by atoms with Crippen LogP contribution in [0, 0.1) is 15.9 Å². The molecule has 0 bridgehead atoms. The van der Waals surface area contributed by atoms with Gasteiger partial charge in [-0.2, -0.15) is 13.2 Å². The van der Waals surface area contributed by atoms with Crippen LogP contribution in [0.4, 0.5) is 28.9 Å². The number of nitro benzene ring substituents is 1. The molecule has 0 aromatic heterocycles. The molecule has 0 amide bonds. The molecule has 106 valence electrons. The number of halogens is 5. The maximum Gasteiger partial charge on any atom is 0.441 e. The molecular weight excluding hydrogens is 356 g/mol. The van der Waals surface area contributed by atoms with Crippen LogP contribution in [0.25, 0.3) is 0 Å². The Labute approximate surface area is 117 Å². The maximum atomic E-state index is 13.2. The molecule has 0 aliphatic heterocycles. The van der Waals surface area contributed by atoms with Gasteiger partial charge >= 0.3 is 5.51 Å². The molecule has 0 aliphatic rings. The fraction of sp³-hybridized carbons (Fsp3) is 0.333. The Balaban J connectivity index is 2.72. The summed E-state index contributed by atoms with van der Waals surface area (Å²) in [5.41, 5.74) is -4.93. The molecule has 0 fully saturated rings. The van der Waals surface area contributed by atoms with E-state index in [-0.39, 0.29) is 34.2 Å². The summed E-state index contributed by atoms with van der Waals surface area (Å²) in [4.78, 5) is 9.97. The zero-order valence-electron chi connectivity index (χ0n) is 9.13. The molecule has 1 rings (SSSR count). The number of alkyl halides is 3. The highest BCUT2D eigenvalue weighted by atomic mass is 79.9. The first kappa shape index (κ1) is 16.0. The summed E-state index contributed by atoms with van der Waals surface area (Å²) >= 11 is 2.54. The zero-order valence-corrected chi connectivity index (χ0v) is 11.5. The van der Waals surface area contributed by atoms with Gasteiger partial charge in [0.25, 0.3) is 5.69 Å². The van der Waals surface area contributed by atoms with Gasteiger partial charge in [0.1, 0.15) is 11.5 Å². The van der Waals surface area contributed by atoms with Gasteiger partial charge in [-0.25, -0.2) is 4.39 Å². The average Bonchev–Trinajstić information content (AvgIpc) is 2.27. The summed E-state index contributed by atoms with van der Waals surface area (Å²) in [5.74, 6) is -1.07. The number of anilines is 1. The molecule has 19 heavy (non-hydrogen) atoms. The third-order valence-corrected chi connectivity index (χ3v) is 3.26. The fourth-order valence-corrected chi connectivity index (χ4v) is 1.95. The summed E-state index contributed by atoms with van der Waals surface area (Å²) in [7, 11) is 0. The van der Waals surface area contributed by atoms with Crippen molar-refractivity contribution in [1.82, 2.24) is 0 Å². The van der Waals surface area contributed by atoms with Crippen LogP contribution in [0.15, 0.2) is 16.6 Å². The highest BCUT2D eigenvalue weighted by Gasteiger charge is 2.27. The molecule has 0 radical (unpaired) electrons. The molecule has 4 nitrogen and oxygen atoms in total. The SMILES string of the molecule is O=[N+]([O-])c1cc(Br)c(F)cc1NCCSC(F)(F)F. The van der Waals surface area contributed by atoms with Crippen LogP contribution in [0.2, 0.25) is 0 Å². The summed E-state index contributed by atoms with van der Waals surface area (Å²) in [5, 5.41) is 13.1. The van der Waals surface area contributed by atoms with Crippen molar-refractivity contribution in [3.8, 4) is 0 Å². The van der Waals surface area contributed by atoms with E-state index in [2.05, 4.69) is 21.2 Å². The highest BCUT2D eigenvalue weighted by Crippen LogP contribution is 2.32. The lowest BCUT2D eigenvalue weighted by molar-refractivity contribution is -0.384. The van der Waals surface area contributed by atoms with Crippen molar-refractivity contribution in [2.75, 3.05) is 17.6 Å². The number of nitrogens with one attached hydrogen (secondary N) is 1. The van der Waals surface area contributed by atoms with Crippen LogP contribution in [-0.2, 0) is 0 Å². The van der Waals surface area contributed by atoms with Gasteiger partial charge in [0.2, 0.25) is 0 Å². The van der Waals surface area contributed by atoms with Crippen LogP contribution in [0.5, 0.6) is 0 Å². The third-order valence-electron chi connectivity index (χ3n) is 1.92. The van der Waals surface area contributed by atoms with Gasteiger partial charge in [-0.15, -0.1) is 0 Å². The number of hydrogen-bond acceptors (Lipinski definition) is 4. The first-order valence-corrected chi connectivity index (χ1v) is 6.56. The second-order valence-corrected chi connectivity index (χ2v) is 5.28. The Morgan fingerprint density at radius 2 is 2.05 bits per heavy atom. The number of benzene rings is 1. The van der Waals surface area contributed by atoms with Crippen LogP contribution >= 0.6 is 27.7 Å². The van der Waals surface area contributed by atoms with E-state index < -0.39 is 21.9 Å². The van der Waals surface area contributed by atoms with Crippen LogP contribution in [0.3, 0.4) is 0 Å². The molecule has 0 aliphatic carbocycles. The Hall–Kier alpha value is -1.03. The Bertz CT molecular complexity index is 484. The fourth-order valence-electron chi connectivity index (χ4n) is 1.18. The van der Waals surface area contributed by atoms with Crippen molar-refractivity contribution in [3.05, 3.63) is 32.5 Å². The molecular formula is C9H7BrF4N2O2S. The molecule has 0 saturated carbocycles. The van der Waals surface area contributed by atoms with Gasteiger partial charge in [-0.3, -0.25) is 10.1 Å². The minimum atomic E-state index is -4.36. The van der Waals surface area contributed by atoms with Crippen LogP contribution in [-0.4, -0.2) is 22.7 Å². The first-order valence-electron chi connectivity index (χ1n) is 4.78. The van der Waals surface area contributed by atoms with Gasteiger partial charge in [0.15, 0.2) is 0 Å². The number of hydrogen-bond donors (Lipinski definition) is 1. The summed E-state index contributed by atoms with van der Waals surface area (Å²) in [6, 6.07) is 1.81. The molecule has 0 spiro atoms. The normalized spacial score (nSPS) is 11.4. The standard InChI is InChI=1S/C9H7BrF4N2O2S/c10-5-3-8(16(17)18)7(4-6(5)11)15-1-2-19-9(12,13)14/h3-4,15H,1-2H2. The van der Waals surface area contributed by atoms with Gasteiger partial charge in [-0.05, 0) is 27.7 Å². The smallest absolute Gasteiger partial charge is 0.379 e. The van der Waals surface area contributed by atoms with Crippen molar-refractivity contribution in [2.24, 2.45) is 0 Å². The third kappa shape index (κ3) is 5.23. The largest absolute Gasteiger partial charge is 0.441 e. The van der Waals surface area contributed by atoms with E-state index in [1.54, 1.807) is 0 Å². The Morgan fingerprint density at radius 3 is 2.58 bits per heavy atom. The van der Waals surface area contributed by atoms with Crippen molar-refractivity contribution in [3.63, 3.8) is 0 Å². The number of nitro groups is 1. The Kier molecular flexibility index (Phi) is 5.41. The lowest BCUT2D eigenvalue weighted by Gasteiger charge is -2.09. The van der Waals surface area contributed by atoms with Crippen molar-refractivity contribution in [2.45, 2.75) is 5.51 Å². The number of nitrogens with zero attached hydrogens (tertiary/aromatic N) is 1. The quantitative estimate of drug-likeness (QED) is 0.369. The van der Waals surface area contributed by atoms with E-state index in [1.807, 2.05) is 0 Å². The van der Waals surface area contributed by atoms with Crippen LogP contribution in [0.1, 0.15) is 0 Å². The minimum Gasteiger partial charge on any atom is -0.379 e. The molecule has 1 aromatic rings.